The lowest BCUT2D eigenvalue weighted by Gasteiger charge is -2.09. The third-order valence-electron chi connectivity index (χ3n) is 2.06. The van der Waals surface area contributed by atoms with Gasteiger partial charge >= 0.3 is 6.18 Å². The van der Waals surface area contributed by atoms with Crippen molar-refractivity contribution in [3.05, 3.63) is 33.8 Å². The summed E-state index contributed by atoms with van der Waals surface area (Å²) in [5, 5.41) is 0. The van der Waals surface area contributed by atoms with E-state index in [2.05, 4.69) is 20.9 Å². The molecule has 0 N–H and O–H groups in total. The summed E-state index contributed by atoms with van der Waals surface area (Å²) in [7, 11) is 0. The van der Waals surface area contributed by atoms with Gasteiger partial charge in [0, 0.05) is 10.0 Å². The fourth-order valence-electron chi connectivity index (χ4n) is 1.39. The van der Waals surface area contributed by atoms with Gasteiger partial charge in [-0.15, -0.1) is 0 Å². The van der Waals surface area contributed by atoms with Crippen LogP contribution in [0.3, 0.4) is 0 Å². The van der Waals surface area contributed by atoms with Crippen LogP contribution in [0.5, 0.6) is 0 Å². The molecule has 0 bridgehead atoms. The van der Waals surface area contributed by atoms with Crippen molar-refractivity contribution < 1.29 is 17.9 Å². The number of hydrogen-bond donors (Lipinski definition) is 0. The molecule has 0 unspecified atom stereocenters. The van der Waals surface area contributed by atoms with Crippen molar-refractivity contribution in [1.82, 2.24) is 0 Å². The number of halogens is 4. The monoisotopic (exact) mass is 293 g/mol. The van der Waals surface area contributed by atoms with E-state index in [-0.39, 0.29) is 5.90 Å². The normalized spacial score (nSPS) is 15.9. The molecule has 0 aliphatic carbocycles. The number of rotatable bonds is 1. The average Bonchev–Trinajstić information content (AvgIpc) is 2.68. The molecule has 0 spiro atoms. The van der Waals surface area contributed by atoms with Gasteiger partial charge in [-0.1, -0.05) is 15.9 Å². The third kappa shape index (κ3) is 2.37. The Balaban J connectivity index is 2.44. The van der Waals surface area contributed by atoms with Crippen LogP contribution in [0.1, 0.15) is 11.1 Å². The van der Waals surface area contributed by atoms with Gasteiger partial charge in [-0.3, -0.25) is 0 Å². The number of hydrogen-bond acceptors (Lipinski definition) is 2. The summed E-state index contributed by atoms with van der Waals surface area (Å²) in [5.41, 5.74) is -0.366. The van der Waals surface area contributed by atoms with Gasteiger partial charge in [0.25, 0.3) is 0 Å². The van der Waals surface area contributed by atoms with Crippen LogP contribution in [-0.4, -0.2) is 19.0 Å². The Morgan fingerprint density at radius 2 is 2.00 bits per heavy atom. The van der Waals surface area contributed by atoms with Gasteiger partial charge in [0.05, 0.1) is 12.1 Å². The van der Waals surface area contributed by atoms with E-state index < -0.39 is 11.7 Å². The summed E-state index contributed by atoms with van der Waals surface area (Å²) in [6, 6.07) is 3.62. The van der Waals surface area contributed by atoms with Gasteiger partial charge in [-0.25, -0.2) is 4.99 Å². The van der Waals surface area contributed by atoms with E-state index in [0.29, 0.717) is 23.2 Å². The van der Waals surface area contributed by atoms with Crippen molar-refractivity contribution in [2.75, 3.05) is 13.2 Å². The molecule has 0 fully saturated rings. The van der Waals surface area contributed by atoms with Gasteiger partial charge in [-0.2, -0.15) is 13.2 Å². The molecule has 2 nitrogen and oxygen atoms in total. The fraction of sp³-hybridized carbons (Fsp3) is 0.300. The molecule has 6 heteroatoms. The quantitative estimate of drug-likeness (QED) is 0.779. The largest absolute Gasteiger partial charge is 0.476 e. The first-order valence-corrected chi connectivity index (χ1v) is 5.31. The van der Waals surface area contributed by atoms with E-state index in [9.17, 15) is 13.2 Å². The fourth-order valence-corrected chi connectivity index (χ4v) is 1.88. The topological polar surface area (TPSA) is 21.6 Å². The first kappa shape index (κ1) is 11.4. The Labute approximate surface area is 98.3 Å². The minimum Gasteiger partial charge on any atom is -0.476 e. The van der Waals surface area contributed by atoms with Gasteiger partial charge in [0.15, 0.2) is 0 Å². The maximum atomic E-state index is 12.5. The molecular formula is C10H7BrF3NO. The predicted octanol–water partition coefficient (Wildman–Crippen LogP) is 3.24. The van der Waals surface area contributed by atoms with Gasteiger partial charge < -0.3 is 4.74 Å². The zero-order valence-electron chi connectivity index (χ0n) is 8.01. The van der Waals surface area contributed by atoms with Crippen LogP contribution in [0.2, 0.25) is 0 Å². The van der Waals surface area contributed by atoms with E-state index in [1.54, 1.807) is 6.07 Å². The minimum absolute atomic E-state index is 0.270. The first-order valence-electron chi connectivity index (χ1n) is 4.52. The van der Waals surface area contributed by atoms with Crippen molar-refractivity contribution in [3.8, 4) is 0 Å². The van der Waals surface area contributed by atoms with E-state index in [1.165, 1.54) is 0 Å². The second-order valence-electron chi connectivity index (χ2n) is 3.26. The lowest BCUT2D eigenvalue weighted by molar-refractivity contribution is -0.137. The highest BCUT2D eigenvalue weighted by atomic mass is 79.9. The molecule has 16 heavy (non-hydrogen) atoms. The molecule has 0 radical (unpaired) electrons. The molecule has 1 heterocycles. The SMILES string of the molecule is FC(F)(F)c1cc(Br)cc(C2=NCCO2)c1. The molecule has 1 aliphatic heterocycles. The Morgan fingerprint density at radius 3 is 2.56 bits per heavy atom. The predicted molar refractivity (Wildman–Crippen MR) is 56.5 cm³/mol. The molecule has 1 aliphatic rings. The summed E-state index contributed by atoms with van der Waals surface area (Å²) in [5.74, 6) is 0.270. The van der Waals surface area contributed by atoms with Crippen molar-refractivity contribution in [2.45, 2.75) is 6.18 Å². The molecule has 0 saturated carbocycles. The average molecular weight is 294 g/mol. The van der Waals surface area contributed by atoms with Crippen molar-refractivity contribution in [2.24, 2.45) is 4.99 Å². The maximum Gasteiger partial charge on any atom is 0.416 e. The van der Waals surface area contributed by atoms with E-state index in [4.69, 9.17) is 4.74 Å². The first-order chi connectivity index (χ1) is 7.47. The zero-order chi connectivity index (χ0) is 11.8. The molecule has 0 atom stereocenters. The van der Waals surface area contributed by atoms with Gasteiger partial charge in [0.2, 0.25) is 5.90 Å². The number of alkyl halides is 3. The summed E-state index contributed by atoms with van der Waals surface area (Å²) >= 11 is 3.04. The second kappa shape index (κ2) is 4.08. The zero-order valence-corrected chi connectivity index (χ0v) is 9.60. The molecule has 1 aromatic rings. The highest BCUT2D eigenvalue weighted by molar-refractivity contribution is 9.10. The molecular weight excluding hydrogens is 287 g/mol. The van der Waals surface area contributed by atoms with Crippen LogP contribution >= 0.6 is 15.9 Å². The number of ether oxygens (including phenoxy) is 1. The Bertz CT molecular complexity index is 442. The van der Waals surface area contributed by atoms with Crippen LogP contribution < -0.4 is 0 Å². The van der Waals surface area contributed by atoms with Crippen LogP contribution in [0.25, 0.3) is 0 Å². The van der Waals surface area contributed by atoms with Crippen molar-refractivity contribution in [1.29, 1.82) is 0 Å². The summed E-state index contributed by atoms with van der Waals surface area (Å²) in [6.07, 6.45) is -4.36. The molecule has 2 rings (SSSR count). The smallest absolute Gasteiger partial charge is 0.416 e. The number of nitrogens with zero attached hydrogens (tertiary/aromatic N) is 1. The van der Waals surface area contributed by atoms with Crippen LogP contribution in [0.4, 0.5) is 13.2 Å². The summed E-state index contributed by atoms with van der Waals surface area (Å²) in [6.45, 7) is 0.909. The van der Waals surface area contributed by atoms with E-state index in [0.717, 1.165) is 12.1 Å². The molecule has 0 amide bonds. The summed E-state index contributed by atoms with van der Waals surface area (Å²) in [4.78, 5) is 3.98. The number of benzene rings is 1. The Morgan fingerprint density at radius 1 is 1.25 bits per heavy atom. The Kier molecular flexibility index (Phi) is 2.92. The molecule has 0 saturated heterocycles. The van der Waals surface area contributed by atoms with Crippen molar-refractivity contribution in [3.63, 3.8) is 0 Å². The molecule has 0 aromatic heterocycles. The van der Waals surface area contributed by atoms with Crippen molar-refractivity contribution >= 4 is 21.8 Å². The minimum atomic E-state index is -4.36. The highest BCUT2D eigenvalue weighted by Crippen LogP contribution is 2.32. The Hall–Kier alpha value is -1.04. The molecule has 1 aromatic carbocycles. The highest BCUT2D eigenvalue weighted by Gasteiger charge is 2.31. The van der Waals surface area contributed by atoms with E-state index in [1.807, 2.05) is 0 Å². The van der Waals surface area contributed by atoms with Gasteiger partial charge in [0.1, 0.15) is 6.61 Å². The maximum absolute atomic E-state index is 12.5. The summed E-state index contributed by atoms with van der Waals surface area (Å²) < 4.78 is 43.1. The standard InChI is InChI=1S/C10H7BrF3NO/c11-8-4-6(9-15-1-2-16-9)3-7(5-8)10(12,13)14/h3-5H,1-2H2. The third-order valence-corrected chi connectivity index (χ3v) is 2.52. The van der Waals surface area contributed by atoms with Crippen LogP contribution in [-0.2, 0) is 10.9 Å². The second-order valence-corrected chi connectivity index (χ2v) is 4.18. The van der Waals surface area contributed by atoms with Gasteiger partial charge in [-0.05, 0) is 18.2 Å². The lowest BCUT2D eigenvalue weighted by Crippen LogP contribution is -2.08. The molecule has 86 valence electrons. The number of aliphatic imine (C=N–C) groups is 1. The van der Waals surface area contributed by atoms with Crippen LogP contribution in [0, 0.1) is 0 Å². The lowest BCUT2D eigenvalue weighted by atomic mass is 10.1. The van der Waals surface area contributed by atoms with E-state index >= 15 is 0 Å². The van der Waals surface area contributed by atoms with Crippen LogP contribution in [0.15, 0.2) is 27.7 Å².